The van der Waals surface area contributed by atoms with E-state index < -0.39 is 0 Å². The molecule has 0 aliphatic carbocycles. The molecule has 4 rings (SSSR count). The van der Waals surface area contributed by atoms with Crippen molar-refractivity contribution in [2.45, 2.75) is 45.2 Å². The number of hydrogen-bond acceptors (Lipinski definition) is 3. The number of benzene rings is 2. The highest BCUT2D eigenvalue weighted by Gasteiger charge is 2.19. The minimum absolute atomic E-state index is 0.00685. The number of aryl methyl sites for hydroxylation is 1. The normalized spacial score (nSPS) is 14.1. The maximum atomic E-state index is 12.8. The molecule has 5 heteroatoms. The van der Waals surface area contributed by atoms with Crippen molar-refractivity contribution in [2.75, 3.05) is 0 Å². The first-order chi connectivity index (χ1) is 13.2. The topological polar surface area (TPSA) is 64.0 Å². The van der Waals surface area contributed by atoms with E-state index in [0.717, 1.165) is 43.6 Å². The van der Waals surface area contributed by atoms with Crippen molar-refractivity contribution in [3.05, 3.63) is 75.8 Å². The summed E-state index contributed by atoms with van der Waals surface area (Å²) in [4.78, 5) is 30.0. The van der Waals surface area contributed by atoms with E-state index in [0.29, 0.717) is 16.5 Å². The van der Waals surface area contributed by atoms with Crippen molar-refractivity contribution in [1.82, 2.24) is 14.9 Å². The molecule has 2 heterocycles. The van der Waals surface area contributed by atoms with Crippen molar-refractivity contribution in [2.24, 2.45) is 0 Å². The van der Waals surface area contributed by atoms with Gasteiger partial charge in [0.2, 0.25) is 0 Å². The van der Waals surface area contributed by atoms with E-state index in [1.54, 1.807) is 22.8 Å². The number of amides is 1. The van der Waals surface area contributed by atoms with Crippen molar-refractivity contribution in [3.8, 4) is 0 Å². The number of carbonyl (C=O) groups is 1. The summed E-state index contributed by atoms with van der Waals surface area (Å²) in [6, 6.07) is 15.2. The molecule has 1 unspecified atom stereocenters. The molecule has 5 nitrogen and oxygen atoms in total. The summed E-state index contributed by atoms with van der Waals surface area (Å²) >= 11 is 0. The SMILES string of the molecule is CCCC(NC(=O)c1ccc2c(=O)n3c(nc2c1)CCC3)c1ccccc1. The van der Waals surface area contributed by atoms with Gasteiger partial charge in [-0.2, -0.15) is 0 Å². The van der Waals surface area contributed by atoms with Crippen LogP contribution in [0.2, 0.25) is 0 Å². The van der Waals surface area contributed by atoms with Crippen LogP contribution in [0.3, 0.4) is 0 Å². The average Bonchev–Trinajstić information content (AvgIpc) is 3.17. The predicted molar refractivity (Wildman–Crippen MR) is 106 cm³/mol. The molecule has 1 aromatic heterocycles. The molecule has 0 fully saturated rings. The standard InChI is InChI=1S/C22H23N3O2/c1-2-7-18(15-8-4-3-5-9-15)24-21(26)16-11-12-17-19(14-16)23-20-10-6-13-25(20)22(17)27/h3-5,8-9,11-12,14,18H,2,6-7,10,13H2,1H3,(H,24,26). The van der Waals surface area contributed by atoms with Crippen LogP contribution in [0.1, 0.15) is 54.0 Å². The largest absolute Gasteiger partial charge is 0.345 e. The highest BCUT2D eigenvalue weighted by atomic mass is 16.1. The van der Waals surface area contributed by atoms with E-state index in [2.05, 4.69) is 17.2 Å². The van der Waals surface area contributed by atoms with Gasteiger partial charge in [-0.15, -0.1) is 0 Å². The van der Waals surface area contributed by atoms with Gasteiger partial charge in [0, 0.05) is 18.5 Å². The van der Waals surface area contributed by atoms with Gasteiger partial charge in [0.1, 0.15) is 5.82 Å². The van der Waals surface area contributed by atoms with Crippen LogP contribution in [-0.2, 0) is 13.0 Å². The van der Waals surface area contributed by atoms with Crippen LogP contribution >= 0.6 is 0 Å². The number of nitrogens with zero attached hydrogens (tertiary/aromatic N) is 2. The van der Waals surface area contributed by atoms with Gasteiger partial charge in [0.05, 0.1) is 16.9 Å². The third-order valence-corrected chi connectivity index (χ3v) is 5.16. The Morgan fingerprint density at radius 2 is 2.04 bits per heavy atom. The van der Waals surface area contributed by atoms with Crippen molar-refractivity contribution in [1.29, 1.82) is 0 Å². The van der Waals surface area contributed by atoms with Gasteiger partial charge in [-0.05, 0) is 36.6 Å². The molecule has 0 spiro atoms. The maximum Gasteiger partial charge on any atom is 0.261 e. The maximum absolute atomic E-state index is 12.8. The van der Waals surface area contributed by atoms with Crippen molar-refractivity contribution >= 4 is 16.8 Å². The van der Waals surface area contributed by atoms with Crippen LogP contribution in [0.4, 0.5) is 0 Å². The van der Waals surface area contributed by atoms with Gasteiger partial charge in [0.15, 0.2) is 0 Å². The monoisotopic (exact) mass is 361 g/mol. The highest BCUT2D eigenvalue weighted by molar-refractivity contribution is 5.97. The van der Waals surface area contributed by atoms with Crippen molar-refractivity contribution < 1.29 is 4.79 Å². The smallest absolute Gasteiger partial charge is 0.261 e. The summed E-state index contributed by atoms with van der Waals surface area (Å²) in [7, 11) is 0. The van der Waals surface area contributed by atoms with Crippen LogP contribution < -0.4 is 10.9 Å². The highest BCUT2D eigenvalue weighted by Crippen LogP contribution is 2.20. The fourth-order valence-electron chi connectivity index (χ4n) is 3.76. The lowest BCUT2D eigenvalue weighted by atomic mass is 10.0. The summed E-state index contributed by atoms with van der Waals surface area (Å²) < 4.78 is 1.74. The van der Waals surface area contributed by atoms with Gasteiger partial charge in [0.25, 0.3) is 11.5 Å². The van der Waals surface area contributed by atoms with Crippen LogP contribution in [0.15, 0.2) is 53.3 Å². The molecule has 1 aliphatic heterocycles. The van der Waals surface area contributed by atoms with Gasteiger partial charge < -0.3 is 5.32 Å². The lowest BCUT2D eigenvalue weighted by molar-refractivity contribution is 0.0934. The number of nitrogens with one attached hydrogen (secondary N) is 1. The summed E-state index contributed by atoms with van der Waals surface area (Å²) in [6.07, 6.45) is 3.61. The van der Waals surface area contributed by atoms with E-state index in [9.17, 15) is 9.59 Å². The summed E-state index contributed by atoms with van der Waals surface area (Å²) in [5, 5.41) is 3.71. The lowest BCUT2D eigenvalue weighted by Gasteiger charge is -2.19. The Hall–Kier alpha value is -2.95. The molecule has 1 atom stereocenters. The van der Waals surface area contributed by atoms with Crippen LogP contribution in [-0.4, -0.2) is 15.5 Å². The zero-order valence-electron chi connectivity index (χ0n) is 15.4. The van der Waals surface area contributed by atoms with E-state index >= 15 is 0 Å². The average molecular weight is 361 g/mol. The second kappa shape index (κ2) is 7.35. The Labute approximate surface area is 158 Å². The molecule has 0 saturated heterocycles. The number of carbonyl (C=O) groups excluding carboxylic acids is 1. The van der Waals surface area contributed by atoms with E-state index in [-0.39, 0.29) is 17.5 Å². The molecule has 3 aromatic rings. The summed E-state index contributed by atoms with van der Waals surface area (Å²) in [6.45, 7) is 2.84. The molecule has 0 radical (unpaired) electrons. The first kappa shape index (κ1) is 17.5. The zero-order valence-corrected chi connectivity index (χ0v) is 15.4. The fraction of sp³-hybridized carbons (Fsp3) is 0.318. The lowest BCUT2D eigenvalue weighted by Crippen LogP contribution is -2.28. The summed E-state index contributed by atoms with van der Waals surface area (Å²) in [5.74, 6) is 0.680. The quantitative estimate of drug-likeness (QED) is 0.755. The van der Waals surface area contributed by atoms with E-state index in [4.69, 9.17) is 0 Å². The summed E-state index contributed by atoms with van der Waals surface area (Å²) in [5.41, 5.74) is 2.23. The Bertz CT molecular complexity index is 1040. The van der Waals surface area contributed by atoms with Gasteiger partial charge >= 0.3 is 0 Å². The molecule has 1 N–H and O–H groups in total. The Morgan fingerprint density at radius 3 is 2.81 bits per heavy atom. The molecule has 2 aromatic carbocycles. The fourth-order valence-corrected chi connectivity index (χ4v) is 3.76. The number of hydrogen-bond donors (Lipinski definition) is 1. The molecule has 27 heavy (non-hydrogen) atoms. The molecular formula is C22H23N3O2. The van der Waals surface area contributed by atoms with E-state index in [1.165, 1.54) is 0 Å². The Kier molecular flexibility index (Phi) is 4.75. The molecule has 1 aliphatic rings. The second-order valence-corrected chi connectivity index (χ2v) is 7.05. The third-order valence-electron chi connectivity index (χ3n) is 5.16. The zero-order chi connectivity index (χ0) is 18.8. The molecular weight excluding hydrogens is 338 g/mol. The minimum atomic E-state index is -0.137. The molecule has 0 bridgehead atoms. The van der Waals surface area contributed by atoms with Gasteiger partial charge in [-0.3, -0.25) is 14.2 Å². The van der Waals surface area contributed by atoms with Crippen LogP contribution in [0, 0.1) is 0 Å². The van der Waals surface area contributed by atoms with Crippen LogP contribution in [0.25, 0.3) is 10.9 Å². The molecule has 0 saturated carbocycles. The molecule has 1 amide bonds. The third kappa shape index (κ3) is 3.37. The predicted octanol–water partition coefficient (Wildman–Crippen LogP) is 3.61. The number of rotatable bonds is 5. The molecule has 138 valence electrons. The Balaban J connectivity index is 1.64. The van der Waals surface area contributed by atoms with Crippen molar-refractivity contribution in [3.63, 3.8) is 0 Å². The minimum Gasteiger partial charge on any atom is -0.345 e. The van der Waals surface area contributed by atoms with Gasteiger partial charge in [-0.25, -0.2) is 4.98 Å². The second-order valence-electron chi connectivity index (χ2n) is 7.05. The van der Waals surface area contributed by atoms with E-state index in [1.807, 2.05) is 30.3 Å². The first-order valence-corrected chi connectivity index (χ1v) is 9.56. The number of fused-ring (bicyclic) bond motifs is 2. The number of aromatic nitrogens is 2. The Morgan fingerprint density at radius 1 is 1.22 bits per heavy atom. The first-order valence-electron chi connectivity index (χ1n) is 9.56. The van der Waals surface area contributed by atoms with Gasteiger partial charge in [-0.1, -0.05) is 43.7 Å². The van der Waals surface area contributed by atoms with Crippen LogP contribution in [0.5, 0.6) is 0 Å².